The highest BCUT2D eigenvalue weighted by molar-refractivity contribution is 9.10. The summed E-state index contributed by atoms with van der Waals surface area (Å²) < 4.78 is 11.1. The molecule has 0 aromatic heterocycles. The van der Waals surface area contributed by atoms with Gasteiger partial charge in [0.25, 0.3) is 0 Å². The van der Waals surface area contributed by atoms with Crippen molar-refractivity contribution in [2.45, 2.75) is 6.92 Å². The summed E-state index contributed by atoms with van der Waals surface area (Å²) in [5.41, 5.74) is 0. The van der Waals surface area contributed by atoms with Crippen LogP contribution in [0.2, 0.25) is 5.02 Å². The quantitative estimate of drug-likeness (QED) is 0.781. The molecule has 0 bridgehead atoms. The molecule has 0 amide bonds. The molecule has 0 fully saturated rings. The molecule has 0 spiro atoms. The summed E-state index contributed by atoms with van der Waals surface area (Å²) in [5.74, 6) is 0.0685. The van der Waals surface area contributed by atoms with Crippen molar-refractivity contribution in [3.8, 4) is 5.75 Å². The predicted molar refractivity (Wildman–Crippen MR) is 78.8 cm³/mol. The van der Waals surface area contributed by atoms with Crippen LogP contribution in [0.25, 0.3) is 10.8 Å². The second-order valence-electron chi connectivity index (χ2n) is 3.84. The van der Waals surface area contributed by atoms with E-state index >= 15 is 0 Å². The Kier molecular flexibility index (Phi) is 4.66. The third-order valence-electron chi connectivity index (χ3n) is 2.53. The molecule has 19 heavy (non-hydrogen) atoms. The van der Waals surface area contributed by atoms with Crippen LogP contribution in [0.1, 0.15) is 6.92 Å². The van der Waals surface area contributed by atoms with Crippen molar-refractivity contribution in [2.24, 2.45) is 0 Å². The molecule has 0 saturated carbocycles. The van der Waals surface area contributed by atoms with Gasteiger partial charge < -0.3 is 9.47 Å². The van der Waals surface area contributed by atoms with Gasteiger partial charge in [0.05, 0.1) is 11.6 Å². The molecule has 0 aliphatic carbocycles. The highest BCUT2D eigenvalue weighted by Crippen LogP contribution is 2.34. The van der Waals surface area contributed by atoms with Gasteiger partial charge in [-0.3, -0.25) is 0 Å². The van der Waals surface area contributed by atoms with Crippen molar-refractivity contribution < 1.29 is 14.3 Å². The van der Waals surface area contributed by atoms with E-state index in [0.717, 1.165) is 15.2 Å². The lowest BCUT2D eigenvalue weighted by Crippen LogP contribution is -2.14. The van der Waals surface area contributed by atoms with Gasteiger partial charge in [-0.05, 0) is 30.5 Å². The van der Waals surface area contributed by atoms with Crippen molar-refractivity contribution in [2.75, 3.05) is 13.2 Å². The van der Waals surface area contributed by atoms with Gasteiger partial charge >= 0.3 is 5.97 Å². The first-order valence-corrected chi connectivity index (χ1v) is 6.95. The third-order valence-corrected chi connectivity index (χ3v) is 3.41. The van der Waals surface area contributed by atoms with Crippen LogP contribution in [-0.4, -0.2) is 19.2 Å². The molecule has 0 aliphatic heterocycles. The fraction of sp³-hybridized carbons (Fsp3) is 0.214. The average molecular weight is 344 g/mol. The van der Waals surface area contributed by atoms with Gasteiger partial charge in [-0.25, -0.2) is 4.79 Å². The fourth-order valence-corrected chi connectivity index (χ4v) is 2.36. The van der Waals surface area contributed by atoms with Crippen molar-refractivity contribution in [3.05, 3.63) is 39.8 Å². The van der Waals surface area contributed by atoms with Crippen LogP contribution in [0, 0.1) is 0 Å². The monoisotopic (exact) mass is 342 g/mol. The highest BCUT2D eigenvalue weighted by atomic mass is 79.9. The van der Waals surface area contributed by atoms with Crippen molar-refractivity contribution in [1.82, 2.24) is 0 Å². The van der Waals surface area contributed by atoms with Gasteiger partial charge in [0.15, 0.2) is 6.61 Å². The number of ether oxygens (including phenoxy) is 2. The average Bonchev–Trinajstić information content (AvgIpc) is 2.38. The molecular formula is C14H12BrClO3. The Labute approximate surface area is 124 Å². The molecule has 0 N–H and O–H groups in total. The summed E-state index contributed by atoms with van der Waals surface area (Å²) in [6.07, 6.45) is 0. The minimum Gasteiger partial charge on any atom is -0.480 e. The largest absolute Gasteiger partial charge is 0.480 e. The van der Waals surface area contributed by atoms with Gasteiger partial charge in [-0.1, -0.05) is 39.7 Å². The number of hydrogen-bond donors (Lipinski definition) is 0. The van der Waals surface area contributed by atoms with Gasteiger partial charge in [-0.2, -0.15) is 0 Å². The summed E-state index contributed by atoms with van der Waals surface area (Å²) >= 11 is 9.67. The summed E-state index contributed by atoms with van der Waals surface area (Å²) in [4.78, 5) is 11.2. The normalized spacial score (nSPS) is 10.5. The smallest absolute Gasteiger partial charge is 0.344 e. The number of fused-ring (bicyclic) bond motifs is 1. The van der Waals surface area contributed by atoms with E-state index in [1.165, 1.54) is 0 Å². The van der Waals surface area contributed by atoms with Crippen LogP contribution in [0.5, 0.6) is 5.75 Å². The van der Waals surface area contributed by atoms with Gasteiger partial charge in [0.1, 0.15) is 5.75 Å². The van der Waals surface area contributed by atoms with Gasteiger partial charge in [0.2, 0.25) is 0 Å². The molecule has 2 aromatic rings. The van der Waals surface area contributed by atoms with Crippen LogP contribution < -0.4 is 4.74 Å². The number of halogens is 2. The Bertz CT molecular complexity index is 613. The van der Waals surface area contributed by atoms with Gasteiger partial charge in [0, 0.05) is 9.86 Å². The van der Waals surface area contributed by atoms with Crippen LogP contribution in [-0.2, 0) is 9.53 Å². The molecule has 0 saturated heterocycles. The van der Waals surface area contributed by atoms with E-state index in [9.17, 15) is 4.79 Å². The minimum absolute atomic E-state index is 0.143. The molecule has 0 heterocycles. The molecule has 2 aromatic carbocycles. The molecular weight excluding hydrogens is 332 g/mol. The van der Waals surface area contributed by atoms with Gasteiger partial charge in [-0.15, -0.1) is 0 Å². The maximum absolute atomic E-state index is 11.2. The molecule has 0 radical (unpaired) electrons. The fourth-order valence-electron chi connectivity index (χ4n) is 1.69. The zero-order valence-electron chi connectivity index (χ0n) is 10.3. The lowest BCUT2D eigenvalue weighted by Gasteiger charge is -2.09. The molecule has 3 nitrogen and oxygen atoms in total. The summed E-state index contributed by atoms with van der Waals surface area (Å²) in [7, 11) is 0. The number of carbonyl (C=O) groups is 1. The number of rotatable bonds is 4. The molecule has 0 unspecified atom stereocenters. The Balaban J connectivity index is 2.23. The maximum Gasteiger partial charge on any atom is 0.344 e. The van der Waals surface area contributed by atoms with Crippen LogP contribution >= 0.6 is 27.5 Å². The maximum atomic E-state index is 11.2. The standard InChI is InChI=1S/C14H12BrClO3/c1-2-18-13(17)8-19-12-6-3-9-7-10(15)4-5-11(9)14(12)16/h3-7H,2,8H2,1H3. The second kappa shape index (κ2) is 6.26. The molecule has 2 rings (SSSR count). The lowest BCUT2D eigenvalue weighted by atomic mass is 10.1. The van der Waals surface area contributed by atoms with Crippen molar-refractivity contribution >= 4 is 44.3 Å². The number of benzene rings is 2. The first-order chi connectivity index (χ1) is 9.11. The van der Waals surface area contributed by atoms with E-state index in [1.807, 2.05) is 24.3 Å². The molecule has 100 valence electrons. The van der Waals surface area contributed by atoms with Crippen molar-refractivity contribution in [1.29, 1.82) is 0 Å². The van der Waals surface area contributed by atoms with Crippen LogP contribution in [0.3, 0.4) is 0 Å². The second-order valence-corrected chi connectivity index (χ2v) is 5.13. The van der Waals surface area contributed by atoms with Crippen LogP contribution in [0.15, 0.2) is 34.8 Å². The zero-order chi connectivity index (χ0) is 13.8. The topological polar surface area (TPSA) is 35.5 Å². The Morgan fingerprint density at radius 1 is 1.32 bits per heavy atom. The lowest BCUT2D eigenvalue weighted by molar-refractivity contribution is -0.145. The Morgan fingerprint density at radius 2 is 2.11 bits per heavy atom. The molecule has 0 aliphatic rings. The molecule has 0 atom stereocenters. The first kappa shape index (κ1) is 14.2. The first-order valence-electron chi connectivity index (χ1n) is 5.78. The van der Waals surface area contributed by atoms with Crippen molar-refractivity contribution in [3.63, 3.8) is 0 Å². The zero-order valence-corrected chi connectivity index (χ0v) is 12.6. The van der Waals surface area contributed by atoms with E-state index in [4.69, 9.17) is 21.1 Å². The van der Waals surface area contributed by atoms with E-state index in [-0.39, 0.29) is 6.61 Å². The Morgan fingerprint density at radius 3 is 2.84 bits per heavy atom. The highest BCUT2D eigenvalue weighted by Gasteiger charge is 2.09. The van der Waals surface area contributed by atoms with E-state index in [1.54, 1.807) is 13.0 Å². The van der Waals surface area contributed by atoms with E-state index in [2.05, 4.69) is 15.9 Å². The summed E-state index contributed by atoms with van der Waals surface area (Å²) in [5, 5.41) is 2.38. The Hall–Kier alpha value is -1.26. The van der Waals surface area contributed by atoms with Crippen LogP contribution in [0.4, 0.5) is 0 Å². The summed E-state index contributed by atoms with van der Waals surface area (Å²) in [6, 6.07) is 9.42. The van der Waals surface area contributed by atoms with E-state index in [0.29, 0.717) is 17.4 Å². The molecule has 5 heteroatoms. The number of esters is 1. The third kappa shape index (κ3) is 3.39. The number of carbonyl (C=O) groups excluding carboxylic acids is 1. The number of hydrogen-bond acceptors (Lipinski definition) is 3. The minimum atomic E-state index is -0.408. The predicted octanol–water partition coefficient (Wildman–Crippen LogP) is 4.20. The SMILES string of the molecule is CCOC(=O)COc1ccc2cc(Br)ccc2c1Cl. The van der Waals surface area contributed by atoms with E-state index < -0.39 is 5.97 Å². The summed E-state index contributed by atoms with van der Waals surface area (Å²) in [6.45, 7) is 1.94.